The number of rotatable bonds is 4. The summed E-state index contributed by atoms with van der Waals surface area (Å²) in [5, 5.41) is 10.5. The largest absolute Gasteiger partial charge is 0.493 e. The topological polar surface area (TPSA) is 75.2 Å². The van der Waals surface area contributed by atoms with Crippen LogP contribution in [0.3, 0.4) is 0 Å². The molecule has 2 rings (SSSR count). The SMILES string of the molecule is CCOC(C)(C)c1nc(O)c(-c2ccccc2Cl)c(=O)[nH]1. The fraction of sp³-hybridized carbons (Fsp3) is 0.333. The number of aromatic hydroxyl groups is 1. The molecule has 0 spiro atoms. The Balaban J connectivity index is 2.59. The molecule has 0 radical (unpaired) electrons. The second-order valence-corrected chi connectivity index (χ2v) is 5.44. The Bertz CT molecular complexity index is 710. The van der Waals surface area contributed by atoms with Gasteiger partial charge in [-0.3, -0.25) is 4.79 Å². The van der Waals surface area contributed by atoms with Gasteiger partial charge in [-0.05, 0) is 26.8 Å². The number of halogens is 1. The first-order valence-electron chi connectivity index (χ1n) is 6.59. The number of benzene rings is 1. The lowest BCUT2D eigenvalue weighted by molar-refractivity contribution is -0.0213. The molecule has 0 saturated carbocycles. The number of H-pyrrole nitrogens is 1. The average molecular weight is 309 g/mol. The van der Waals surface area contributed by atoms with Crippen molar-refractivity contribution in [1.82, 2.24) is 9.97 Å². The number of nitrogens with one attached hydrogen (secondary N) is 1. The zero-order valence-electron chi connectivity index (χ0n) is 12.1. The van der Waals surface area contributed by atoms with E-state index in [4.69, 9.17) is 16.3 Å². The van der Waals surface area contributed by atoms with E-state index in [9.17, 15) is 9.90 Å². The van der Waals surface area contributed by atoms with Crippen molar-refractivity contribution >= 4 is 11.6 Å². The Kier molecular flexibility index (Phi) is 4.34. The van der Waals surface area contributed by atoms with E-state index in [0.29, 0.717) is 17.2 Å². The number of aromatic nitrogens is 2. The summed E-state index contributed by atoms with van der Waals surface area (Å²) in [6, 6.07) is 6.78. The number of aromatic amines is 1. The standard InChI is InChI=1S/C15H17ClN2O3/c1-4-21-15(2,3)14-17-12(19)11(13(20)18-14)9-7-5-6-8-10(9)16/h5-8H,4H2,1-3H3,(H2,17,18,19,20). The van der Waals surface area contributed by atoms with Crippen molar-refractivity contribution in [3.8, 4) is 17.0 Å². The van der Waals surface area contributed by atoms with E-state index in [1.807, 2.05) is 6.92 Å². The van der Waals surface area contributed by atoms with Crippen molar-refractivity contribution in [2.45, 2.75) is 26.4 Å². The summed E-state index contributed by atoms with van der Waals surface area (Å²) in [5.41, 5.74) is -0.772. The smallest absolute Gasteiger partial charge is 0.262 e. The fourth-order valence-electron chi connectivity index (χ4n) is 2.08. The van der Waals surface area contributed by atoms with E-state index in [2.05, 4.69) is 9.97 Å². The predicted molar refractivity (Wildman–Crippen MR) is 81.6 cm³/mol. The fourth-order valence-corrected chi connectivity index (χ4v) is 2.31. The van der Waals surface area contributed by atoms with Gasteiger partial charge < -0.3 is 14.8 Å². The summed E-state index contributed by atoms with van der Waals surface area (Å²) < 4.78 is 5.52. The number of hydrogen-bond acceptors (Lipinski definition) is 4. The van der Waals surface area contributed by atoms with E-state index in [1.54, 1.807) is 38.1 Å². The molecule has 0 bridgehead atoms. The third kappa shape index (κ3) is 3.09. The van der Waals surface area contributed by atoms with Crippen LogP contribution >= 0.6 is 11.6 Å². The van der Waals surface area contributed by atoms with Gasteiger partial charge in [0.25, 0.3) is 5.56 Å². The molecule has 21 heavy (non-hydrogen) atoms. The highest BCUT2D eigenvalue weighted by Crippen LogP contribution is 2.31. The Hall–Kier alpha value is -1.85. The van der Waals surface area contributed by atoms with Crippen LogP contribution in [0.15, 0.2) is 29.1 Å². The van der Waals surface area contributed by atoms with Crippen LogP contribution in [0.1, 0.15) is 26.6 Å². The molecule has 0 saturated heterocycles. The van der Waals surface area contributed by atoms with E-state index >= 15 is 0 Å². The van der Waals surface area contributed by atoms with Crippen molar-refractivity contribution in [2.75, 3.05) is 6.61 Å². The van der Waals surface area contributed by atoms with Crippen LogP contribution < -0.4 is 5.56 Å². The van der Waals surface area contributed by atoms with Gasteiger partial charge in [0.1, 0.15) is 17.0 Å². The zero-order chi connectivity index (χ0) is 15.6. The number of nitrogens with zero attached hydrogens (tertiary/aromatic N) is 1. The Morgan fingerprint density at radius 3 is 2.62 bits per heavy atom. The highest BCUT2D eigenvalue weighted by Gasteiger charge is 2.26. The van der Waals surface area contributed by atoms with Crippen molar-refractivity contribution in [3.05, 3.63) is 45.5 Å². The molecule has 0 aliphatic carbocycles. The summed E-state index contributed by atoms with van der Waals surface area (Å²) in [4.78, 5) is 19.0. The minimum absolute atomic E-state index is 0.0525. The monoisotopic (exact) mass is 308 g/mol. The van der Waals surface area contributed by atoms with Gasteiger partial charge in [0.05, 0.1) is 0 Å². The second-order valence-electron chi connectivity index (χ2n) is 5.04. The van der Waals surface area contributed by atoms with Gasteiger partial charge in [0, 0.05) is 17.2 Å². The van der Waals surface area contributed by atoms with Gasteiger partial charge >= 0.3 is 0 Å². The molecule has 0 unspecified atom stereocenters. The van der Waals surface area contributed by atoms with Gasteiger partial charge in [-0.15, -0.1) is 0 Å². The quantitative estimate of drug-likeness (QED) is 0.910. The van der Waals surface area contributed by atoms with Crippen LogP contribution in [0.25, 0.3) is 11.1 Å². The van der Waals surface area contributed by atoms with E-state index in [-0.39, 0.29) is 17.3 Å². The first-order chi connectivity index (χ1) is 9.86. The van der Waals surface area contributed by atoms with E-state index in [1.165, 1.54) is 0 Å². The zero-order valence-corrected chi connectivity index (χ0v) is 12.9. The minimum atomic E-state index is -0.801. The molecule has 112 valence electrons. The molecular weight excluding hydrogens is 292 g/mol. The van der Waals surface area contributed by atoms with Crippen LogP contribution in [0.4, 0.5) is 0 Å². The van der Waals surface area contributed by atoms with E-state index in [0.717, 1.165) is 0 Å². The summed E-state index contributed by atoms with van der Waals surface area (Å²) in [6.45, 7) is 5.84. The van der Waals surface area contributed by atoms with Crippen LogP contribution in [0, 0.1) is 0 Å². The normalized spacial score (nSPS) is 11.6. The van der Waals surface area contributed by atoms with Crippen molar-refractivity contribution in [2.24, 2.45) is 0 Å². The highest BCUT2D eigenvalue weighted by molar-refractivity contribution is 6.33. The van der Waals surface area contributed by atoms with Crippen LogP contribution in [0.2, 0.25) is 5.02 Å². The third-order valence-electron chi connectivity index (χ3n) is 3.12. The number of hydrogen-bond donors (Lipinski definition) is 2. The van der Waals surface area contributed by atoms with Crippen LogP contribution in [-0.4, -0.2) is 21.7 Å². The maximum Gasteiger partial charge on any atom is 0.262 e. The van der Waals surface area contributed by atoms with Gasteiger partial charge in [-0.25, -0.2) is 0 Å². The number of ether oxygens (including phenoxy) is 1. The van der Waals surface area contributed by atoms with Crippen LogP contribution in [0.5, 0.6) is 5.88 Å². The molecule has 0 atom stereocenters. The maximum absolute atomic E-state index is 12.3. The van der Waals surface area contributed by atoms with E-state index < -0.39 is 11.2 Å². The van der Waals surface area contributed by atoms with Gasteiger partial charge in [0.15, 0.2) is 0 Å². The molecule has 1 aromatic heterocycles. The highest BCUT2D eigenvalue weighted by atomic mass is 35.5. The summed E-state index contributed by atoms with van der Waals surface area (Å²) in [7, 11) is 0. The lowest BCUT2D eigenvalue weighted by Crippen LogP contribution is -2.28. The second kappa shape index (κ2) is 5.87. The van der Waals surface area contributed by atoms with Crippen molar-refractivity contribution in [3.63, 3.8) is 0 Å². The molecule has 2 N–H and O–H groups in total. The molecule has 1 heterocycles. The molecule has 6 heteroatoms. The average Bonchev–Trinajstić information content (AvgIpc) is 2.40. The third-order valence-corrected chi connectivity index (χ3v) is 3.45. The molecule has 0 aliphatic heterocycles. The summed E-state index contributed by atoms with van der Waals surface area (Å²) in [6.07, 6.45) is 0. The van der Waals surface area contributed by atoms with Crippen molar-refractivity contribution < 1.29 is 9.84 Å². The Labute approximate surface area is 127 Å². The van der Waals surface area contributed by atoms with Gasteiger partial charge in [0.2, 0.25) is 5.88 Å². The first-order valence-corrected chi connectivity index (χ1v) is 6.97. The molecule has 1 aromatic carbocycles. The molecule has 2 aromatic rings. The lowest BCUT2D eigenvalue weighted by Gasteiger charge is -2.23. The van der Waals surface area contributed by atoms with Gasteiger partial charge in [-0.1, -0.05) is 29.8 Å². The lowest BCUT2D eigenvalue weighted by atomic mass is 10.1. The summed E-state index contributed by atoms with van der Waals surface area (Å²) in [5.74, 6) is -0.0997. The maximum atomic E-state index is 12.3. The molecule has 5 nitrogen and oxygen atoms in total. The van der Waals surface area contributed by atoms with Crippen LogP contribution in [-0.2, 0) is 10.3 Å². The Morgan fingerprint density at radius 2 is 2.05 bits per heavy atom. The predicted octanol–water partition coefficient (Wildman–Crippen LogP) is 3.07. The molecular formula is C15H17ClN2O3. The van der Waals surface area contributed by atoms with Gasteiger partial charge in [-0.2, -0.15) is 4.98 Å². The van der Waals surface area contributed by atoms with Crippen molar-refractivity contribution in [1.29, 1.82) is 0 Å². The molecule has 0 fully saturated rings. The minimum Gasteiger partial charge on any atom is -0.493 e. The molecule has 0 aliphatic rings. The first kappa shape index (κ1) is 15.5. The summed E-state index contributed by atoms with van der Waals surface area (Å²) >= 11 is 6.07. The molecule has 0 amide bonds. The Morgan fingerprint density at radius 1 is 1.38 bits per heavy atom.